The van der Waals surface area contributed by atoms with Gasteiger partial charge in [0.15, 0.2) is 0 Å². The Labute approximate surface area is 211 Å². The minimum absolute atomic E-state index is 0.304. The zero-order valence-electron chi connectivity index (χ0n) is 20.4. The van der Waals surface area contributed by atoms with Crippen LogP contribution in [0.2, 0.25) is 0 Å². The van der Waals surface area contributed by atoms with E-state index in [4.69, 9.17) is 15.9 Å². The number of likely N-dealkylation sites (tertiary alicyclic amines) is 1. The monoisotopic (exact) mass is 483 g/mol. The van der Waals surface area contributed by atoms with E-state index < -0.39 is 0 Å². The van der Waals surface area contributed by atoms with Crippen LogP contribution in [0.3, 0.4) is 0 Å². The molecule has 3 aromatic rings. The standard InChI is InChI=1S/C28H33N7O/c29-25(19-6-8-23(9-7-19)36-22-4-2-1-3-5-22)24-26(30)32-18-33-27(24)34-20-14-28(15-20)10-12-35(13-11-28)21-16-31-17-21/h1-9,18,20-21,29,31H,10-17H2,(H3,30,32,33,34). The lowest BCUT2D eigenvalue weighted by Gasteiger charge is -2.54. The molecule has 0 amide bonds. The van der Waals surface area contributed by atoms with Crippen LogP contribution >= 0.6 is 0 Å². The van der Waals surface area contributed by atoms with Gasteiger partial charge >= 0.3 is 0 Å². The summed E-state index contributed by atoms with van der Waals surface area (Å²) in [6, 6.07) is 18.2. The molecule has 36 heavy (non-hydrogen) atoms. The van der Waals surface area contributed by atoms with Gasteiger partial charge in [-0.25, -0.2) is 9.97 Å². The third-order valence-corrected chi connectivity index (χ3v) is 8.08. The molecule has 1 aromatic heterocycles. The first-order valence-corrected chi connectivity index (χ1v) is 12.8. The molecule has 3 fully saturated rings. The van der Waals surface area contributed by atoms with Crippen LogP contribution in [-0.2, 0) is 0 Å². The van der Waals surface area contributed by atoms with Crippen molar-refractivity contribution in [3.63, 3.8) is 0 Å². The van der Waals surface area contributed by atoms with Crippen LogP contribution in [0.1, 0.15) is 36.8 Å². The molecule has 186 valence electrons. The molecule has 6 rings (SSSR count). The predicted octanol–water partition coefficient (Wildman–Crippen LogP) is 3.90. The SMILES string of the molecule is N=C(c1ccc(Oc2ccccc2)cc1)c1c(N)ncnc1NC1CC2(CCN(C3CNC3)CC2)C1. The molecule has 0 unspecified atom stereocenters. The summed E-state index contributed by atoms with van der Waals surface area (Å²) in [4.78, 5) is 11.3. The van der Waals surface area contributed by atoms with Gasteiger partial charge in [0.05, 0.1) is 11.3 Å². The lowest BCUT2D eigenvalue weighted by Crippen LogP contribution is -2.61. The number of nitrogens with one attached hydrogen (secondary N) is 3. The number of ether oxygens (including phenoxy) is 1. The summed E-state index contributed by atoms with van der Waals surface area (Å²) >= 11 is 0. The fourth-order valence-corrected chi connectivity index (χ4v) is 5.80. The van der Waals surface area contributed by atoms with Gasteiger partial charge in [0.2, 0.25) is 0 Å². The van der Waals surface area contributed by atoms with Crippen LogP contribution in [0.5, 0.6) is 11.5 Å². The summed E-state index contributed by atoms with van der Waals surface area (Å²) in [5.41, 5.74) is 8.31. The first-order valence-electron chi connectivity index (χ1n) is 12.8. The van der Waals surface area contributed by atoms with Crippen molar-refractivity contribution < 1.29 is 4.74 Å². The maximum Gasteiger partial charge on any atom is 0.141 e. The maximum atomic E-state index is 8.89. The van der Waals surface area contributed by atoms with E-state index in [2.05, 4.69) is 25.5 Å². The van der Waals surface area contributed by atoms with Crippen LogP contribution < -0.4 is 21.1 Å². The highest BCUT2D eigenvalue weighted by Crippen LogP contribution is 2.50. The molecule has 2 aliphatic heterocycles. The van der Waals surface area contributed by atoms with Crippen LogP contribution in [-0.4, -0.2) is 58.8 Å². The topological polar surface area (TPSA) is 112 Å². The Morgan fingerprint density at radius 2 is 1.69 bits per heavy atom. The Morgan fingerprint density at radius 3 is 2.36 bits per heavy atom. The number of para-hydroxylation sites is 1. The summed E-state index contributed by atoms with van der Waals surface area (Å²) in [6.45, 7) is 4.70. The highest BCUT2D eigenvalue weighted by atomic mass is 16.5. The maximum absolute atomic E-state index is 8.89. The van der Waals surface area contributed by atoms with Crippen molar-refractivity contribution in [2.75, 3.05) is 37.2 Å². The quantitative estimate of drug-likeness (QED) is 0.377. The number of benzene rings is 2. The number of aromatic nitrogens is 2. The summed E-state index contributed by atoms with van der Waals surface area (Å²) in [7, 11) is 0. The fraction of sp³-hybridized carbons (Fsp3) is 0.393. The average Bonchev–Trinajstić information content (AvgIpc) is 2.84. The molecule has 1 spiro atoms. The Kier molecular flexibility index (Phi) is 6.07. The number of rotatable bonds is 7. The Hall–Kier alpha value is -3.49. The van der Waals surface area contributed by atoms with Crippen LogP contribution in [0.15, 0.2) is 60.9 Å². The summed E-state index contributed by atoms with van der Waals surface area (Å²) in [5, 5.41) is 15.9. The third-order valence-electron chi connectivity index (χ3n) is 8.08. The van der Waals surface area contributed by atoms with Crippen LogP contribution in [0, 0.1) is 10.8 Å². The molecule has 0 atom stereocenters. The van der Waals surface area contributed by atoms with Gasteiger partial charge in [-0.2, -0.15) is 0 Å². The highest BCUT2D eigenvalue weighted by Gasteiger charge is 2.47. The van der Waals surface area contributed by atoms with Gasteiger partial charge < -0.3 is 21.1 Å². The van der Waals surface area contributed by atoms with E-state index >= 15 is 0 Å². The van der Waals surface area contributed by atoms with E-state index in [9.17, 15) is 0 Å². The van der Waals surface area contributed by atoms with Crippen molar-refractivity contribution >= 4 is 17.3 Å². The van der Waals surface area contributed by atoms with Gasteiger partial charge in [-0.3, -0.25) is 10.3 Å². The van der Waals surface area contributed by atoms with Crippen molar-refractivity contribution in [2.24, 2.45) is 5.41 Å². The molecule has 8 nitrogen and oxygen atoms in total. The summed E-state index contributed by atoms with van der Waals surface area (Å²) in [5.74, 6) is 2.46. The van der Waals surface area contributed by atoms with E-state index in [0.29, 0.717) is 40.1 Å². The second kappa shape index (κ2) is 9.52. The number of hydrogen-bond acceptors (Lipinski definition) is 8. The molecule has 0 radical (unpaired) electrons. The van der Waals surface area contributed by atoms with E-state index in [1.807, 2.05) is 54.6 Å². The zero-order chi connectivity index (χ0) is 24.5. The summed E-state index contributed by atoms with van der Waals surface area (Å²) in [6.07, 6.45) is 6.31. The molecule has 2 aromatic carbocycles. The molecule has 2 saturated heterocycles. The number of piperidine rings is 1. The van der Waals surface area contributed by atoms with Crippen molar-refractivity contribution in [2.45, 2.75) is 37.8 Å². The van der Waals surface area contributed by atoms with Crippen LogP contribution in [0.4, 0.5) is 11.6 Å². The third kappa shape index (κ3) is 4.54. The first kappa shape index (κ1) is 22.9. The van der Waals surface area contributed by atoms with E-state index in [1.165, 1.54) is 32.3 Å². The average molecular weight is 484 g/mol. The second-order valence-corrected chi connectivity index (χ2v) is 10.4. The van der Waals surface area contributed by atoms with E-state index in [0.717, 1.165) is 43.3 Å². The molecule has 3 heterocycles. The zero-order valence-corrected chi connectivity index (χ0v) is 20.4. The van der Waals surface area contributed by atoms with Gasteiger partial charge in [-0.15, -0.1) is 0 Å². The van der Waals surface area contributed by atoms with Crippen molar-refractivity contribution in [3.8, 4) is 11.5 Å². The van der Waals surface area contributed by atoms with Gasteiger partial charge in [0, 0.05) is 30.7 Å². The Bertz CT molecular complexity index is 1210. The van der Waals surface area contributed by atoms with E-state index in [1.54, 1.807) is 0 Å². The predicted molar refractivity (Wildman–Crippen MR) is 142 cm³/mol. The number of nitrogens with two attached hydrogens (primary N) is 1. The van der Waals surface area contributed by atoms with Gasteiger partial charge in [0.25, 0.3) is 0 Å². The first-order chi connectivity index (χ1) is 17.6. The smallest absolute Gasteiger partial charge is 0.141 e. The molecular formula is C28H33N7O. The molecule has 8 heteroatoms. The number of nitrogen functional groups attached to an aromatic ring is 1. The highest BCUT2D eigenvalue weighted by molar-refractivity contribution is 6.16. The fourth-order valence-electron chi connectivity index (χ4n) is 5.80. The number of nitrogens with zero attached hydrogens (tertiary/aromatic N) is 3. The van der Waals surface area contributed by atoms with Crippen molar-refractivity contribution in [1.29, 1.82) is 5.41 Å². The molecule has 1 saturated carbocycles. The molecular weight excluding hydrogens is 450 g/mol. The van der Waals surface area contributed by atoms with Gasteiger partial charge in [-0.05, 0) is 80.6 Å². The number of hydrogen-bond donors (Lipinski definition) is 4. The molecule has 1 aliphatic carbocycles. The number of anilines is 2. The Balaban J connectivity index is 1.10. The minimum atomic E-state index is 0.304. The Morgan fingerprint density at radius 1 is 1.00 bits per heavy atom. The molecule has 3 aliphatic rings. The summed E-state index contributed by atoms with van der Waals surface area (Å²) < 4.78 is 5.89. The normalized spacial score (nSPS) is 19.9. The lowest BCUT2D eigenvalue weighted by atomic mass is 9.60. The second-order valence-electron chi connectivity index (χ2n) is 10.4. The molecule has 5 N–H and O–H groups in total. The van der Waals surface area contributed by atoms with E-state index in [-0.39, 0.29) is 0 Å². The minimum Gasteiger partial charge on any atom is -0.457 e. The largest absolute Gasteiger partial charge is 0.457 e. The van der Waals surface area contributed by atoms with Gasteiger partial charge in [-0.1, -0.05) is 18.2 Å². The van der Waals surface area contributed by atoms with Gasteiger partial charge in [0.1, 0.15) is 29.5 Å². The van der Waals surface area contributed by atoms with Crippen molar-refractivity contribution in [1.82, 2.24) is 20.2 Å². The van der Waals surface area contributed by atoms with Crippen molar-refractivity contribution in [3.05, 3.63) is 72.1 Å². The van der Waals surface area contributed by atoms with Crippen LogP contribution in [0.25, 0.3) is 0 Å². The lowest BCUT2D eigenvalue weighted by molar-refractivity contribution is -0.00120. The molecule has 0 bridgehead atoms.